The van der Waals surface area contributed by atoms with Gasteiger partial charge < -0.3 is 4.74 Å². The second-order valence-electron chi connectivity index (χ2n) is 10.5. The van der Waals surface area contributed by atoms with Crippen molar-refractivity contribution in [3.8, 4) is 11.3 Å². The minimum absolute atomic E-state index is 0.128. The van der Waals surface area contributed by atoms with Gasteiger partial charge in [-0.25, -0.2) is 9.78 Å². The monoisotopic (exact) mass is 566 g/mol. The van der Waals surface area contributed by atoms with E-state index in [9.17, 15) is 19.2 Å². The van der Waals surface area contributed by atoms with Crippen LogP contribution in [0.2, 0.25) is 5.02 Å². The molecular weight excluding hydrogens is 540 g/mol. The normalized spacial score (nSPS) is 18.4. The van der Waals surface area contributed by atoms with Gasteiger partial charge in [-0.1, -0.05) is 73.0 Å². The van der Waals surface area contributed by atoms with Crippen LogP contribution in [0.3, 0.4) is 0 Å². The van der Waals surface area contributed by atoms with E-state index in [1.54, 1.807) is 72.8 Å². The van der Waals surface area contributed by atoms with E-state index in [1.165, 1.54) is 4.90 Å². The molecular formula is C33H27ClN2O5. The van der Waals surface area contributed by atoms with Crippen molar-refractivity contribution in [3.05, 3.63) is 94.5 Å². The number of amides is 2. The maximum Gasteiger partial charge on any atom is 0.339 e. The average Bonchev–Trinajstić information content (AvgIpc) is 3.27. The molecule has 0 radical (unpaired) electrons. The summed E-state index contributed by atoms with van der Waals surface area (Å²) in [4.78, 5) is 58.0. The van der Waals surface area contributed by atoms with Crippen LogP contribution in [0.1, 0.15) is 52.0 Å². The molecule has 3 aromatic carbocycles. The smallest absolute Gasteiger partial charge is 0.339 e. The number of aromatic nitrogens is 1. The number of pyridine rings is 1. The summed E-state index contributed by atoms with van der Waals surface area (Å²) in [5.41, 5.74) is 3.64. The molecule has 0 N–H and O–H groups in total. The van der Waals surface area contributed by atoms with Crippen LogP contribution in [0.4, 0.5) is 5.69 Å². The number of hydrogen-bond acceptors (Lipinski definition) is 6. The highest BCUT2D eigenvalue weighted by molar-refractivity contribution is 6.32. The number of nitrogens with zero attached hydrogens (tertiary/aromatic N) is 2. The Labute approximate surface area is 242 Å². The summed E-state index contributed by atoms with van der Waals surface area (Å²) in [6, 6.07) is 20.7. The Balaban J connectivity index is 1.32. The number of carbonyl (C=O) groups is 4. The SMILES string of the molecule is Cc1c(Cl)ccc2c(C(=O)OCC(=O)c3ccccc3)cc(-c3ccc(N4C(=O)C5CCCCC5C4=O)cc3)nc12. The van der Waals surface area contributed by atoms with E-state index >= 15 is 0 Å². The third-order valence-corrected chi connectivity index (χ3v) is 8.49. The number of benzene rings is 3. The number of carbonyl (C=O) groups excluding carboxylic acids is 4. The fourth-order valence-electron chi connectivity index (χ4n) is 5.84. The number of halogens is 1. The van der Waals surface area contributed by atoms with E-state index in [0.29, 0.717) is 44.0 Å². The van der Waals surface area contributed by atoms with Gasteiger partial charge in [-0.15, -0.1) is 0 Å². The Morgan fingerprint density at radius 2 is 1.59 bits per heavy atom. The molecule has 1 aromatic heterocycles. The van der Waals surface area contributed by atoms with Gasteiger partial charge in [0.15, 0.2) is 12.4 Å². The molecule has 1 aliphatic heterocycles. The predicted octanol–water partition coefficient (Wildman–Crippen LogP) is 6.58. The highest BCUT2D eigenvalue weighted by atomic mass is 35.5. The molecule has 0 bridgehead atoms. The zero-order valence-corrected chi connectivity index (χ0v) is 23.2. The Bertz CT molecular complexity index is 1680. The second kappa shape index (κ2) is 10.9. The predicted molar refractivity (Wildman–Crippen MR) is 156 cm³/mol. The molecule has 7 nitrogen and oxygen atoms in total. The van der Waals surface area contributed by atoms with Crippen LogP contribution in [0.15, 0.2) is 72.8 Å². The van der Waals surface area contributed by atoms with Gasteiger partial charge in [-0.3, -0.25) is 19.3 Å². The van der Waals surface area contributed by atoms with Crippen molar-refractivity contribution in [3.63, 3.8) is 0 Å². The van der Waals surface area contributed by atoms with Gasteiger partial charge >= 0.3 is 5.97 Å². The molecule has 2 amide bonds. The van der Waals surface area contributed by atoms with Crippen LogP contribution in [-0.4, -0.2) is 35.2 Å². The van der Waals surface area contributed by atoms with Crippen LogP contribution < -0.4 is 4.90 Å². The van der Waals surface area contributed by atoms with Crippen LogP contribution in [0.5, 0.6) is 0 Å². The lowest BCUT2D eigenvalue weighted by atomic mass is 9.81. The number of aryl methyl sites for hydroxylation is 1. The van der Waals surface area contributed by atoms with Gasteiger partial charge in [-0.05, 0) is 49.6 Å². The van der Waals surface area contributed by atoms with Crippen LogP contribution in [0.25, 0.3) is 22.2 Å². The maximum absolute atomic E-state index is 13.3. The zero-order chi connectivity index (χ0) is 28.7. The molecule has 1 saturated carbocycles. The molecule has 2 atom stereocenters. The van der Waals surface area contributed by atoms with Gasteiger partial charge in [0.1, 0.15) is 0 Å². The van der Waals surface area contributed by atoms with Crippen LogP contribution in [-0.2, 0) is 14.3 Å². The van der Waals surface area contributed by atoms with Gasteiger partial charge in [0.05, 0.1) is 34.3 Å². The molecule has 8 heteroatoms. The van der Waals surface area contributed by atoms with Crippen molar-refractivity contribution in [2.75, 3.05) is 11.5 Å². The summed E-state index contributed by atoms with van der Waals surface area (Å²) in [6.07, 6.45) is 3.44. The highest BCUT2D eigenvalue weighted by Gasteiger charge is 2.48. The molecule has 0 spiro atoms. The summed E-state index contributed by atoms with van der Waals surface area (Å²) >= 11 is 6.39. The fourth-order valence-corrected chi connectivity index (χ4v) is 5.99. The van der Waals surface area contributed by atoms with Crippen molar-refractivity contribution < 1.29 is 23.9 Å². The van der Waals surface area contributed by atoms with E-state index < -0.39 is 12.6 Å². The summed E-state index contributed by atoms with van der Waals surface area (Å²) in [5.74, 6) is -1.68. The third-order valence-electron chi connectivity index (χ3n) is 8.08. The van der Waals surface area contributed by atoms with Crippen LogP contribution in [0, 0.1) is 18.8 Å². The lowest BCUT2D eigenvalue weighted by Gasteiger charge is -2.19. The number of rotatable bonds is 6. The lowest BCUT2D eigenvalue weighted by Crippen LogP contribution is -2.30. The molecule has 206 valence electrons. The van der Waals surface area contributed by atoms with E-state index in [4.69, 9.17) is 21.3 Å². The first-order valence-electron chi connectivity index (χ1n) is 13.7. The van der Waals surface area contributed by atoms with Crippen molar-refractivity contribution >= 4 is 51.8 Å². The largest absolute Gasteiger partial charge is 0.454 e. The number of Topliss-reactive ketones (excluding diaryl/α,β-unsaturated/α-hetero) is 1. The quantitative estimate of drug-likeness (QED) is 0.149. The van der Waals surface area contributed by atoms with Crippen molar-refractivity contribution in [1.29, 1.82) is 0 Å². The third kappa shape index (κ3) is 4.91. The molecule has 1 aliphatic carbocycles. The summed E-state index contributed by atoms with van der Waals surface area (Å²) in [7, 11) is 0. The summed E-state index contributed by atoms with van der Waals surface area (Å²) in [6.45, 7) is 1.42. The standard InChI is InChI=1S/C33H27ClN2O5/c1-19-27(34)16-15-23-26(33(40)41-18-29(37)21-7-3-2-4-8-21)17-28(35-30(19)23)20-11-13-22(14-12-20)36-31(38)24-9-5-6-10-25(24)32(36)39/h2-4,7-8,11-17,24-25H,5-6,9-10,18H2,1H3. The second-order valence-corrected chi connectivity index (χ2v) is 11.0. The summed E-state index contributed by atoms with van der Waals surface area (Å²) in [5, 5.41) is 1.06. The molecule has 2 fully saturated rings. The molecule has 6 rings (SSSR count). The van der Waals surface area contributed by atoms with Gasteiger partial charge in [-0.2, -0.15) is 0 Å². The van der Waals surface area contributed by atoms with E-state index in [-0.39, 0.29) is 35.0 Å². The lowest BCUT2D eigenvalue weighted by molar-refractivity contribution is -0.122. The van der Waals surface area contributed by atoms with E-state index in [2.05, 4.69) is 0 Å². The molecule has 4 aromatic rings. The topological polar surface area (TPSA) is 93.6 Å². The van der Waals surface area contributed by atoms with E-state index in [0.717, 1.165) is 25.7 Å². The number of anilines is 1. The molecule has 41 heavy (non-hydrogen) atoms. The zero-order valence-electron chi connectivity index (χ0n) is 22.4. The number of hydrogen-bond donors (Lipinski definition) is 0. The van der Waals surface area contributed by atoms with Gasteiger partial charge in [0.2, 0.25) is 11.8 Å². The fraction of sp³-hybridized carbons (Fsp3) is 0.242. The Morgan fingerprint density at radius 3 is 2.24 bits per heavy atom. The minimum Gasteiger partial charge on any atom is -0.454 e. The van der Waals surface area contributed by atoms with Crippen molar-refractivity contribution in [2.45, 2.75) is 32.6 Å². The van der Waals surface area contributed by atoms with Gasteiger partial charge in [0.25, 0.3) is 0 Å². The number of esters is 1. The molecule has 2 unspecified atom stereocenters. The first kappa shape index (κ1) is 26.8. The average molecular weight is 567 g/mol. The highest BCUT2D eigenvalue weighted by Crippen LogP contribution is 2.40. The number of fused-ring (bicyclic) bond motifs is 2. The Hall–Kier alpha value is -4.36. The van der Waals surface area contributed by atoms with Crippen molar-refractivity contribution in [2.24, 2.45) is 11.8 Å². The Kier molecular flexibility index (Phi) is 7.14. The maximum atomic E-state index is 13.3. The molecule has 2 heterocycles. The first-order chi connectivity index (χ1) is 19.8. The minimum atomic E-state index is -0.655. The summed E-state index contributed by atoms with van der Waals surface area (Å²) < 4.78 is 5.44. The number of imide groups is 1. The number of ether oxygens (including phenoxy) is 1. The van der Waals surface area contributed by atoms with Crippen LogP contribution >= 0.6 is 11.6 Å². The Morgan fingerprint density at radius 1 is 0.927 bits per heavy atom. The van der Waals surface area contributed by atoms with Gasteiger partial charge in [0, 0.05) is 21.5 Å². The molecule has 2 aliphatic rings. The number of ketones is 1. The first-order valence-corrected chi connectivity index (χ1v) is 14.0. The van der Waals surface area contributed by atoms with Crippen molar-refractivity contribution in [1.82, 2.24) is 4.98 Å². The van der Waals surface area contributed by atoms with E-state index in [1.807, 2.05) is 6.92 Å². The molecule has 1 saturated heterocycles.